The number of ether oxygens (including phenoxy) is 1. The second-order valence-electron chi connectivity index (χ2n) is 4.10. The van der Waals surface area contributed by atoms with Gasteiger partial charge in [-0.1, -0.05) is 0 Å². The van der Waals surface area contributed by atoms with E-state index in [1.54, 1.807) is 0 Å². The lowest BCUT2D eigenvalue weighted by Crippen LogP contribution is -2.37. The van der Waals surface area contributed by atoms with Crippen molar-refractivity contribution >= 4 is 5.97 Å². The zero-order valence-electron chi connectivity index (χ0n) is 8.16. The molecule has 0 aromatic heterocycles. The van der Waals surface area contributed by atoms with Gasteiger partial charge in [0.15, 0.2) is 0 Å². The Hall–Kier alpha value is -0.570. The Labute approximate surface area is 79.0 Å². The first kappa shape index (κ1) is 9.00. The summed E-state index contributed by atoms with van der Waals surface area (Å²) >= 11 is 0. The van der Waals surface area contributed by atoms with Crippen molar-refractivity contribution in [3.05, 3.63) is 0 Å². The molecule has 3 heteroatoms. The van der Waals surface area contributed by atoms with E-state index in [9.17, 15) is 4.79 Å². The molecule has 74 valence electrons. The Morgan fingerprint density at radius 2 is 2.38 bits per heavy atom. The second kappa shape index (κ2) is 3.66. The van der Waals surface area contributed by atoms with Crippen LogP contribution >= 0.6 is 0 Å². The Morgan fingerprint density at radius 1 is 1.54 bits per heavy atom. The van der Waals surface area contributed by atoms with E-state index < -0.39 is 0 Å². The summed E-state index contributed by atoms with van der Waals surface area (Å²) in [5, 5.41) is 0. The zero-order chi connectivity index (χ0) is 9.26. The summed E-state index contributed by atoms with van der Waals surface area (Å²) in [7, 11) is 0. The molecule has 2 heterocycles. The molecule has 2 bridgehead atoms. The fraction of sp³-hybridized carbons (Fsp3) is 0.900. The van der Waals surface area contributed by atoms with Crippen LogP contribution in [0, 0.1) is 11.8 Å². The van der Waals surface area contributed by atoms with Crippen molar-refractivity contribution < 1.29 is 9.53 Å². The van der Waals surface area contributed by atoms with Gasteiger partial charge >= 0.3 is 5.97 Å². The fourth-order valence-electron chi connectivity index (χ4n) is 2.49. The summed E-state index contributed by atoms with van der Waals surface area (Å²) in [6, 6.07) is 0. The minimum Gasteiger partial charge on any atom is -0.466 e. The third-order valence-corrected chi connectivity index (χ3v) is 3.09. The Morgan fingerprint density at radius 3 is 3.08 bits per heavy atom. The number of hydrogen-bond donors (Lipinski definition) is 0. The lowest BCUT2D eigenvalue weighted by atomic mass is 9.91. The average Bonchev–Trinajstić information content (AvgIpc) is 2.46. The highest BCUT2D eigenvalue weighted by Crippen LogP contribution is 2.30. The lowest BCUT2D eigenvalue weighted by Gasteiger charge is -2.28. The van der Waals surface area contributed by atoms with E-state index in [0.29, 0.717) is 6.61 Å². The normalized spacial score (nSPS) is 37.5. The molecule has 2 fully saturated rings. The molecule has 0 spiro atoms. The van der Waals surface area contributed by atoms with Crippen molar-refractivity contribution in [2.45, 2.75) is 19.8 Å². The van der Waals surface area contributed by atoms with Gasteiger partial charge in [-0.05, 0) is 32.2 Å². The molecule has 2 aliphatic heterocycles. The van der Waals surface area contributed by atoms with Gasteiger partial charge in [0.25, 0.3) is 0 Å². The van der Waals surface area contributed by atoms with Gasteiger partial charge in [0.1, 0.15) is 0 Å². The molecule has 0 saturated carbocycles. The molecule has 3 nitrogen and oxygen atoms in total. The number of fused-ring (bicyclic) bond motifs is 2. The first-order valence-corrected chi connectivity index (χ1v) is 5.18. The lowest BCUT2D eigenvalue weighted by molar-refractivity contribution is -0.149. The van der Waals surface area contributed by atoms with Gasteiger partial charge in [-0.2, -0.15) is 0 Å². The van der Waals surface area contributed by atoms with Gasteiger partial charge in [-0.25, -0.2) is 0 Å². The highest BCUT2D eigenvalue weighted by molar-refractivity contribution is 5.72. The molecule has 2 aliphatic rings. The summed E-state index contributed by atoms with van der Waals surface area (Å²) in [5.74, 6) is 0.920. The third-order valence-electron chi connectivity index (χ3n) is 3.09. The van der Waals surface area contributed by atoms with Crippen molar-refractivity contribution in [1.82, 2.24) is 4.90 Å². The Kier molecular flexibility index (Phi) is 2.54. The number of nitrogens with zero attached hydrogens (tertiary/aromatic N) is 1. The smallest absolute Gasteiger partial charge is 0.310 e. The van der Waals surface area contributed by atoms with Crippen molar-refractivity contribution in [1.29, 1.82) is 0 Å². The summed E-state index contributed by atoms with van der Waals surface area (Å²) in [6.07, 6.45) is 2.32. The maximum absolute atomic E-state index is 11.5. The highest BCUT2D eigenvalue weighted by atomic mass is 16.5. The van der Waals surface area contributed by atoms with Gasteiger partial charge in [0, 0.05) is 13.1 Å². The van der Waals surface area contributed by atoms with E-state index in [1.165, 1.54) is 19.5 Å². The molecule has 0 aliphatic carbocycles. The molecule has 0 radical (unpaired) electrons. The molecule has 13 heavy (non-hydrogen) atoms. The van der Waals surface area contributed by atoms with Crippen LogP contribution in [0.25, 0.3) is 0 Å². The Balaban J connectivity index is 1.91. The molecule has 2 saturated heterocycles. The molecule has 0 aromatic carbocycles. The van der Waals surface area contributed by atoms with Crippen molar-refractivity contribution in [2.75, 3.05) is 26.2 Å². The van der Waals surface area contributed by atoms with Crippen molar-refractivity contribution in [2.24, 2.45) is 11.8 Å². The van der Waals surface area contributed by atoms with Crippen LogP contribution in [0.5, 0.6) is 0 Å². The highest BCUT2D eigenvalue weighted by Gasteiger charge is 2.36. The summed E-state index contributed by atoms with van der Waals surface area (Å²) in [5.41, 5.74) is 0. The van der Waals surface area contributed by atoms with E-state index in [0.717, 1.165) is 18.9 Å². The van der Waals surface area contributed by atoms with Crippen LogP contribution in [-0.2, 0) is 9.53 Å². The van der Waals surface area contributed by atoms with E-state index in [-0.39, 0.29) is 11.9 Å². The molecular formula is C10H17NO2. The zero-order valence-corrected chi connectivity index (χ0v) is 8.16. The standard InChI is InChI=1S/C10H17NO2/c1-2-13-10(12)9-5-8-3-4-11(6-8)7-9/h8-9H,2-7H2,1H3. The van der Waals surface area contributed by atoms with Crippen LogP contribution in [0.4, 0.5) is 0 Å². The first-order chi connectivity index (χ1) is 6.29. The molecular weight excluding hydrogens is 166 g/mol. The summed E-state index contributed by atoms with van der Waals surface area (Å²) in [6.45, 7) is 5.70. The molecule has 3 unspecified atom stereocenters. The quantitative estimate of drug-likeness (QED) is 0.595. The fourth-order valence-corrected chi connectivity index (χ4v) is 2.49. The van der Waals surface area contributed by atoms with Crippen LogP contribution < -0.4 is 0 Å². The maximum Gasteiger partial charge on any atom is 0.310 e. The number of rotatable bonds is 2. The molecule has 0 N–H and O–H groups in total. The second-order valence-corrected chi connectivity index (χ2v) is 4.10. The largest absolute Gasteiger partial charge is 0.466 e. The summed E-state index contributed by atoms with van der Waals surface area (Å²) in [4.78, 5) is 13.9. The van der Waals surface area contributed by atoms with Gasteiger partial charge in [-0.15, -0.1) is 0 Å². The van der Waals surface area contributed by atoms with E-state index >= 15 is 0 Å². The topological polar surface area (TPSA) is 29.5 Å². The van der Waals surface area contributed by atoms with Crippen molar-refractivity contribution in [3.63, 3.8) is 0 Å². The molecule has 0 amide bonds. The van der Waals surface area contributed by atoms with Gasteiger partial charge in [-0.3, -0.25) is 4.79 Å². The number of hydrogen-bond acceptors (Lipinski definition) is 3. The Bertz CT molecular complexity index is 193. The maximum atomic E-state index is 11.5. The monoisotopic (exact) mass is 183 g/mol. The molecule has 3 atom stereocenters. The minimum absolute atomic E-state index is 0.0131. The average molecular weight is 183 g/mol. The van der Waals surface area contributed by atoms with Gasteiger partial charge in [0.05, 0.1) is 12.5 Å². The van der Waals surface area contributed by atoms with E-state index in [2.05, 4.69) is 4.90 Å². The van der Waals surface area contributed by atoms with Gasteiger partial charge in [0.2, 0.25) is 0 Å². The number of carbonyl (C=O) groups is 1. The van der Waals surface area contributed by atoms with Crippen LogP contribution in [0.1, 0.15) is 19.8 Å². The van der Waals surface area contributed by atoms with Crippen LogP contribution in [-0.4, -0.2) is 37.1 Å². The predicted octanol–water partition coefficient (Wildman–Crippen LogP) is 0.891. The van der Waals surface area contributed by atoms with E-state index in [1.807, 2.05) is 6.92 Å². The van der Waals surface area contributed by atoms with Crippen molar-refractivity contribution in [3.8, 4) is 0 Å². The number of piperidine rings is 1. The summed E-state index contributed by atoms with van der Waals surface area (Å²) < 4.78 is 5.04. The predicted molar refractivity (Wildman–Crippen MR) is 49.3 cm³/mol. The van der Waals surface area contributed by atoms with E-state index in [4.69, 9.17) is 4.74 Å². The molecule has 2 rings (SSSR count). The minimum atomic E-state index is 0.0131. The molecule has 0 aromatic rings. The van der Waals surface area contributed by atoms with Crippen LogP contribution in [0.2, 0.25) is 0 Å². The first-order valence-electron chi connectivity index (χ1n) is 5.18. The number of carbonyl (C=O) groups excluding carboxylic acids is 1. The third kappa shape index (κ3) is 1.85. The van der Waals surface area contributed by atoms with Gasteiger partial charge < -0.3 is 9.64 Å². The SMILES string of the molecule is CCOC(=O)C1CC2CCN(C2)C1. The van der Waals surface area contributed by atoms with Crippen LogP contribution in [0.15, 0.2) is 0 Å². The number of esters is 1. The van der Waals surface area contributed by atoms with Crippen LogP contribution in [0.3, 0.4) is 0 Å².